The number of hydrogen-bond donors (Lipinski definition) is 1. The van der Waals surface area contributed by atoms with E-state index in [0.29, 0.717) is 5.92 Å². The molecule has 3 nitrogen and oxygen atoms in total. The molecule has 2 aromatic rings. The van der Waals surface area contributed by atoms with Gasteiger partial charge in [-0.25, -0.2) is 9.97 Å². The molecule has 0 fully saturated rings. The molecule has 104 valence electrons. The number of nitrogens with one attached hydrogen (secondary N) is 1. The van der Waals surface area contributed by atoms with Crippen molar-refractivity contribution in [3.63, 3.8) is 0 Å². The van der Waals surface area contributed by atoms with E-state index in [1.807, 2.05) is 0 Å². The Bertz CT molecular complexity index is 572. The highest BCUT2D eigenvalue weighted by Crippen LogP contribution is 2.33. The maximum Gasteiger partial charge on any atom is 0.138 e. The van der Waals surface area contributed by atoms with Crippen LogP contribution in [0.15, 0.2) is 0 Å². The van der Waals surface area contributed by atoms with Crippen LogP contribution in [0.25, 0.3) is 10.2 Å². The van der Waals surface area contributed by atoms with Crippen LogP contribution in [0.3, 0.4) is 0 Å². The Morgan fingerprint density at radius 3 is 2.58 bits per heavy atom. The van der Waals surface area contributed by atoms with Gasteiger partial charge in [0.05, 0.1) is 5.39 Å². The normalized spacial score (nSPS) is 11.5. The first-order chi connectivity index (χ1) is 9.02. The molecule has 2 aromatic heterocycles. The minimum Gasteiger partial charge on any atom is -0.369 e. The minimum absolute atomic E-state index is 0.582. The number of fused-ring (bicyclic) bond motifs is 1. The van der Waals surface area contributed by atoms with E-state index in [0.717, 1.165) is 35.9 Å². The highest BCUT2D eigenvalue weighted by atomic mass is 32.1. The smallest absolute Gasteiger partial charge is 0.138 e. The molecule has 1 N–H and O–H groups in total. The summed E-state index contributed by atoms with van der Waals surface area (Å²) < 4.78 is 0. The van der Waals surface area contributed by atoms with E-state index in [4.69, 9.17) is 9.97 Å². The molecule has 2 heterocycles. The van der Waals surface area contributed by atoms with E-state index >= 15 is 0 Å². The van der Waals surface area contributed by atoms with Gasteiger partial charge in [-0.15, -0.1) is 11.3 Å². The summed E-state index contributed by atoms with van der Waals surface area (Å²) in [4.78, 5) is 11.9. The third-order valence-corrected chi connectivity index (χ3v) is 4.31. The fourth-order valence-corrected chi connectivity index (χ4v) is 3.17. The predicted molar refractivity (Wildman–Crippen MR) is 84.2 cm³/mol. The Morgan fingerprint density at radius 2 is 1.95 bits per heavy atom. The van der Waals surface area contributed by atoms with Crippen molar-refractivity contribution >= 4 is 27.4 Å². The third-order valence-electron chi connectivity index (χ3n) is 3.21. The summed E-state index contributed by atoms with van der Waals surface area (Å²) in [5.41, 5.74) is 1.31. The van der Waals surface area contributed by atoms with Gasteiger partial charge in [0.2, 0.25) is 0 Å². The molecule has 0 aromatic carbocycles. The minimum atomic E-state index is 0.582. The second-order valence-electron chi connectivity index (χ2n) is 5.48. The van der Waals surface area contributed by atoms with Crippen LogP contribution in [0.5, 0.6) is 0 Å². The van der Waals surface area contributed by atoms with Crippen molar-refractivity contribution in [1.82, 2.24) is 9.97 Å². The second kappa shape index (κ2) is 5.87. The first kappa shape index (κ1) is 14.3. The van der Waals surface area contributed by atoms with E-state index in [2.05, 4.69) is 39.9 Å². The zero-order valence-corrected chi connectivity index (χ0v) is 13.3. The van der Waals surface area contributed by atoms with Crippen LogP contribution < -0.4 is 5.32 Å². The Hall–Kier alpha value is -1.16. The van der Waals surface area contributed by atoms with Gasteiger partial charge in [-0.2, -0.15) is 0 Å². The molecule has 0 radical (unpaired) electrons. The fraction of sp³-hybridized carbons (Fsp3) is 0.600. The number of hydrogen-bond acceptors (Lipinski definition) is 4. The molecule has 0 aliphatic heterocycles. The summed E-state index contributed by atoms with van der Waals surface area (Å²) >= 11 is 1.78. The molecule has 19 heavy (non-hydrogen) atoms. The summed E-state index contributed by atoms with van der Waals surface area (Å²) in [7, 11) is 0. The van der Waals surface area contributed by atoms with Gasteiger partial charge in [-0.3, -0.25) is 0 Å². The van der Waals surface area contributed by atoms with E-state index in [1.54, 1.807) is 11.3 Å². The van der Waals surface area contributed by atoms with Gasteiger partial charge < -0.3 is 5.32 Å². The highest BCUT2D eigenvalue weighted by molar-refractivity contribution is 7.18. The molecule has 0 bridgehead atoms. The largest absolute Gasteiger partial charge is 0.369 e. The van der Waals surface area contributed by atoms with Crippen molar-refractivity contribution < 1.29 is 0 Å². The van der Waals surface area contributed by atoms with E-state index < -0.39 is 0 Å². The molecule has 2 rings (SSSR count). The maximum absolute atomic E-state index is 4.74. The Morgan fingerprint density at radius 1 is 1.21 bits per heavy atom. The van der Waals surface area contributed by atoms with Gasteiger partial charge >= 0.3 is 0 Å². The molecule has 0 saturated carbocycles. The highest BCUT2D eigenvalue weighted by Gasteiger charge is 2.14. The van der Waals surface area contributed by atoms with Crippen molar-refractivity contribution in [3.8, 4) is 0 Å². The zero-order valence-electron chi connectivity index (χ0n) is 12.5. The summed E-state index contributed by atoms with van der Waals surface area (Å²) in [6, 6.07) is 0. The van der Waals surface area contributed by atoms with E-state index in [9.17, 15) is 0 Å². The summed E-state index contributed by atoms with van der Waals surface area (Å²) in [6.07, 6.45) is 2.04. The van der Waals surface area contributed by atoms with Crippen LogP contribution in [0.1, 0.15) is 43.5 Å². The molecular formula is C15H23N3S. The Labute approximate surface area is 119 Å². The van der Waals surface area contributed by atoms with Gasteiger partial charge in [-0.05, 0) is 31.7 Å². The average molecular weight is 277 g/mol. The first-order valence-electron chi connectivity index (χ1n) is 7.03. The lowest BCUT2D eigenvalue weighted by Crippen LogP contribution is -2.07. The summed E-state index contributed by atoms with van der Waals surface area (Å²) in [5, 5.41) is 4.67. The standard InChI is InChI=1S/C15H23N3S/c1-6-7-16-14-13-10(4)11(5)19-15(13)18-12(17-14)8-9(2)3/h9H,6-8H2,1-5H3,(H,16,17,18). The van der Waals surface area contributed by atoms with Crippen molar-refractivity contribution in [3.05, 3.63) is 16.3 Å². The fourth-order valence-electron chi connectivity index (χ4n) is 2.12. The van der Waals surface area contributed by atoms with Gasteiger partial charge in [0, 0.05) is 17.8 Å². The molecular weight excluding hydrogens is 254 g/mol. The Kier molecular flexibility index (Phi) is 4.40. The third kappa shape index (κ3) is 3.06. The molecule has 4 heteroatoms. The van der Waals surface area contributed by atoms with Crippen LogP contribution in [0.2, 0.25) is 0 Å². The van der Waals surface area contributed by atoms with Crippen LogP contribution in [0.4, 0.5) is 5.82 Å². The molecule has 0 amide bonds. The number of aromatic nitrogens is 2. The monoisotopic (exact) mass is 277 g/mol. The molecule has 0 aliphatic rings. The topological polar surface area (TPSA) is 37.8 Å². The number of thiophene rings is 1. The number of rotatable bonds is 5. The molecule has 0 unspecified atom stereocenters. The average Bonchev–Trinajstić information content (AvgIpc) is 2.61. The lowest BCUT2D eigenvalue weighted by atomic mass is 10.1. The molecule has 0 aliphatic carbocycles. The van der Waals surface area contributed by atoms with Gasteiger partial charge in [-0.1, -0.05) is 20.8 Å². The van der Waals surface area contributed by atoms with Crippen molar-refractivity contribution in [1.29, 1.82) is 0 Å². The Balaban J connectivity index is 2.52. The first-order valence-corrected chi connectivity index (χ1v) is 7.85. The van der Waals surface area contributed by atoms with Crippen molar-refractivity contribution in [2.45, 2.75) is 47.5 Å². The molecule has 0 saturated heterocycles. The van der Waals surface area contributed by atoms with Crippen molar-refractivity contribution in [2.24, 2.45) is 5.92 Å². The number of anilines is 1. The van der Waals surface area contributed by atoms with Crippen LogP contribution in [-0.2, 0) is 6.42 Å². The van der Waals surface area contributed by atoms with Crippen molar-refractivity contribution in [2.75, 3.05) is 11.9 Å². The van der Waals surface area contributed by atoms with E-state index in [-0.39, 0.29) is 0 Å². The zero-order chi connectivity index (χ0) is 14.0. The van der Waals surface area contributed by atoms with Gasteiger partial charge in [0.25, 0.3) is 0 Å². The number of nitrogens with zero attached hydrogens (tertiary/aromatic N) is 2. The SMILES string of the molecule is CCCNc1nc(CC(C)C)nc2sc(C)c(C)c12. The maximum atomic E-state index is 4.74. The predicted octanol–water partition coefficient (Wildman–Crippen LogP) is 4.33. The van der Waals surface area contributed by atoms with Gasteiger partial charge in [0.1, 0.15) is 16.5 Å². The van der Waals surface area contributed by atoms with Crippen LogP contribution in [0, 0.1) is 19.8 Å². The summed E-state index contributed by atoms with van der Waals surface area (Å²) in [5.74, 6) is 2.56. The summed E-state index contributed by atoms with van der Waals surface area (Å²) in [6.45, 7) is 11.9. The lowest BCUT2D eigenvalue weighted by Gasteiger charge is -2.10. The number of aryl methyl sites for hydroxylation is 2. The van der Waals surface area contributed by atoms with Crippen LogP contribution >= 0.6 is 11.3 Å². The molecule has 0 atom stereocenters. The second-order valence-corrected chi connectivity index (χ2v) is 6.68. The van der Waals surface area contributed by atoms with Crippen LogP contribution in [-0.4, -0.2) is 16.5 Å². The molecule has 0 spiro atoms. The van der Waals surface area contributed by atoms with E-state index in [1.165, 1.54) is 15.8 Å². The van der Waals surface area contributed by atoms with Gasteiger partial charge in [0.15, 0.2) is 0 Å². The quantitative estimate of drug-likeness (QED) is 0.884. The lowest BCUT2D eigenvalue weighted by molar-refractivity contribution is 0.623.